The van der Waals surface area contributed by atoms with Crippen LogP contribution in [-0.2, 0) is 6.42 Å². The van der Waals surface area contributed by atoms with Crippen LogP contribution in [0.15, 0.2) is 39.5 Å². The summed E-state index contributed by atoms with van der Waals surface area (Å²) in [6.45, 7) is 0. The maximum atomic E-state index is 5.55. The number of nitrogen functional groups attached to an aromatic ring is 1. The number of aromatic nitrogens is 4. The van der Waals surface area contributed by atoms with E-state index in [1.807, 2.05) is 30.3 Å². The molecule has 0 saturated heterocycles. The number of rotatable bonds is 3. The van der Waals surface area contributed by atoms with E-state index in [1.165, 1.54) is 0 Å². The molecule has 3 aromatic rings. The summed E-state index contributed by atoms with van der Waals surface area (Å²) >= 11 is 0. The van der Waals surface area contributed by atoms with Crippen molar-refractivity contribution in [2.45, 2.75) is 6.42 Å². The molecule has 0 spiro atoms. The fraction of sp³-hybridized carbons (Fsp3) is 0.0909. The third-order valence-electron chi connectivity index (χ3n) is 2.39. The monoisotopic (exact) mass is 243 g/mol. The number of nitrogens with zero attached hydrogens (tertiary/aromatic N) is 4. The zero-order valence-corrected chi connectivity index (χ0v) is 9.28. The Kier molecular flexibility index (Phi) is 2.49. The van der Waals surface area contributed by atoms with Gasteiger partial charge in [-0.3, -0.25) is 0 Å². The molecule has 0 radical (unpaired) electrons. The van der Waals surface area contributed by atoms with Gasteiger partial charge in [0.2, 0.25) is 11.7 Å². The molecule has 0 atom stereocenters. The van der Waals surface area contributed by atoms with E-state index in [9.17, 15) is 0 Å². The zero-order chi connectivity index (χ0) is 12.4. The van der Waals surface area contributed by atoms with Crippen molar-refractivity contribution in [2.24, 2.45) is 0 Å². The summed E-state index contributed by atoms with van der Waals surface area (Å²) in [6, 6.07) is 9.81. The minimum atomic E-state index is 0.141. The average Bonchev–Trinajstić information content (AvgIpc) is 2.99. The first-order valence-corrected chi connectivity index (χ1v) is 5.28. The largest absolute Gasteiger partial charge is 0.379 e. The number of hydrogen-bond donors (Lipinski definition) is 1. The maximum absolute atomic E-state index is 5.55. The lowest BCUT2D eigenvalue weighted by Crippen LogP contribution is -1.91. The van der Waals surface area contributed by atoms with E-state index < -0.39 is 0 Å². The predicted octanol–water partition coefficient (Wildman–Crippen LogP) is 1.29. The van der Waals surface area contributed by atoms with Crippen LogP contribution >= 0.6 is 0 Å². The highest BCUT2D eigenvalue weighted by atomic mass is 16.6. The summed E-state index contributed by atoms with van der Waals surface area (Å²) in [7, 11) is 0. The van der Waals surface area contributed by atoms with Gasteiger partial charge in [0.05, 0.1) is 6.42 Å². The highest BCUT2D eigenvalue weighted by Crippen LogP contribution is 2.19. The molecule has 0 aliphatic heterocycles. The molecule has 0 fully saturated rings. The van der Waals surface area contributed by atoms with E-state index in [-0.39, 0.29) is 17.3 Å². The number of hydrogen-bond acceptors (Lipinski definition) is 7. The first-order valence-electron chi connectivity index (χ1n) is 5.28. The molecular weight excluding hydrogens is 234 g/mol. The second-order valence-electron chi connectivity index (χ2n) is 3.67. The molecule has 90 valence electrons. The normalized spacial score (nSPS) is 10.7. The van der Waals surface area contributed by atoms with E-state index >= 15 is 0 Å². The second-order valence-corrected chi connectivity index (χ2v) is 3.67. The molecule has 0 bridgehead atoms. The summed E-state index contributed by atoms with van der Waals surface area (Å²) in [5.41, 5.74) is 6.92. The van der Waals surface area contributed by atoms with Crippen molar-refractivity contribution >= 4 is 5.82 Å². The molecule has 18 heavy (non-hydrogen) atoms. The van der Waals surface area contributed by atoms with Gasteiger partial charge in [-0.15, -0.1) is 0 Å². The summed E-state index contributed by atoms with van der Waals surface area (Å²) in [5, 5.41) is 10.9. The third kappa shape index (κ3) is 1.93. The van der Waals surface area contributed by atoms with Gasteiger partial charge in [-0.1, -0.05) is 35.5 Å². The van der Waals surface area contributed by atoms with Crippen molar-refractivity contribution in [1.82, 2.24) is 20.5 Å². The Bertz CT molecular complexity index is 646. The molecular formula is C11H9N5O2. The first kappa shape index (κ1) is 10.5. The van der Waals surface area contributed by atoms with Crippen molar-refractivity contribution < 1.29 is 9.15 Å². The Morgan fingerprint density at radius 3 is 2.61 bits per heavy atom. The molecule has 7 nitrogen and oxygen atoms in total. The summed E-state index contributed by atoms with van der Waals surface area (Å²) < 4.78 is 9.60. The minimum absolute atomic E-state index is 0.141. The van der Waals surface area contributed by atoms with Crippen LogP contribution in [0.4, 0.5) is 5.82 Å². The topological polar surface area (TPSA) is 104 Å². The fourth-order valence-electron chi connectivity index (χ4n) is 1.54. The number of nitrogens with two attached hydrogens (primary N) is 1. The van der Waals surface area contributed by atoms with E-state index in [4.69, 9.17) is 10.3 Å². The fourth-order valence-corrected chi connectivity index (χ4v) is 1.54. The van der Waals surface area contributed by atoms with Crippen molar-refractivity contribution in [2.75, 3.05) is 5.73 Å². The van der Waals surface area contributed by atoms with Gasteiger partial charge in [-0.2, -0.15) is 4.98 Å². The molecule has 2 N–H and O–H groups in total. The molecule has 3 rings (SSSR count). The van der Waals surface area contributed by atoms with E-state index in [0.717, 1.165) is 5.56 Å². The molecule has 2 heterocycles. The molecule has 1 aromatic carbocycles. The molecule has 0 unspecified atom stereocenters. The Morgan fingerprint density at radius 1 is 1.06 bits per heavy atom. The van der Waals surface area contributed by atoms with Crippen LogP contribution in [0.3, 0.4) is 0 Å². The van der Waals surface area contributed by atoms with E-state index in [0.29, 0.717) is 12.3 Å². The van der Waals surface area contributed by atoms with Crippen molar-refractivity contribution in [3.05, 3.63) is 41.8 Å². The van der Waals surface area contributed by atoms with Gasteiger partial charge >= 0.3 is 0 Å². The van der Waals surface area contributed by atoms with E-state index in [1.54, 1.807) is 0 Å². The van der Waals surface area contributed by atoms with Gasteiger partial charge < -0.3 is 10.3 Å². The predicted molar refractivity (Wildman–Crippen MR) is 61.3 cm³/mol. The van der Waals surface area contributed by atoms with Gasteiger partial charge in [0.1, 0.15) is 0 Å². The third-order valence-corrected chi connectivity index (χ3v) is 2.39. The van der Waals surface area contributed by atoms with Crippen LogP contribution in [0.1, 0.15) is 11.5 Å². The molecule has 0 aliphatic rings. The SMILES string of the molecule is Nc1nonc1-c1noc(Cc2ccccc2)n1. The van der Waals surface area contributed by atoms with Crippen LogP contribution in [0.25, 0.3) is 11.5 Å². The molecule has 2 aromatic heterocycles. The molecule has 0 aliphatic carbocycles. The summed E-state index contributed by atoms with van der Waals surface area (Å²) in [4.78, 5) is 4.19. The van der Waals surface area contributed by atoms with Gasteiger partial charge in [0, 0.05) is 0 Å². The summed E-state index contributed by atoms with van der Waals surface area (Å²) in [6.07, 6.45) is 0.555. The lowest BCUT2D eigenvalue weighted by molar-refractivity contribution is 0.310. The van der Waals surface area contributed by atoms with Gasteiger partial charge in [-0.25, -0.2) is 4.63 Å². The standard InChI is InChI=1S/C11H9N5O2/c12-10-9(14-18-15-10)11-13-8(17-16-11)6-7-4-2-1-3-5-7/h1-5H,6H2,(H2,12,15). The Morgan fingerprint density at radius 2 is 1.89 bits per heavy atom. The number of benzene rings is 1. The molecule has 7 heteroatoms. The average molecular weight is 243 g/mol. The second kappa shape index (κ2) is 4.28. The van der Waals surface area contributed by atoms with Crippen molar-refractivity contribution in [1.29, 1.82) is 0 Å². The van der Waals surface area contributed by atoms with Crippen molar-refractivity contribution in [3.8, 4) is 11.5 Å². The van der Waals surface area contributed by atoms with Gasteiger partial charge in [0.25, 0.3) is 0 Å². The van der Waals surface area contributed by atoms with Crippen molar-refractivity contribution in [3.63, 3.8) is 0 Å². The Hall–Kier alpha value is -2.70. The van der Waals surface area contributed by atoms with Crippen LogP contribution in [-0.4, -0.2) is 20.5 Å². The summed E-state index contributed by atoms with van der Waals surface area (Å²) in [5.74, 6) is 0.903. The molecule has 0 amide bonds. The lowest BCUT2D eigenvalue weighted by Gasteiger charge is -1.93. The van der Waals surface area contributed by atoms with Gasteiger partial charge in [-0.05, 0) is 15.9 Å². The van der Waals surface area contributed by atoms with Crippen LogP contribution < -0.4 is 5.73 Å². The highest BCUT2D eigenvalue weighted by molar-refractivity contribution is 5.61. The van der Waals surface area contributed by atoms with Crippen LogP contribution in [0.5, 0.6) is 0 Å². The van der Waals surface area contributed by atoms with Crippen LogP contribution in [0.2, 0.25) is 0 Å². The molecule has 0 saturated carbocycles. The van der Waals surface area contributed by atoms with Crippen LogP contribution in [0, 0.1) is 0 Å². The quantitative estimate of drug-likeness (QED) is 0.739. The minimum Gasteiger partial charge on any atom is -0.379 e. The number of anilines is 1. The lowest BCUT2D eigenvalue weighted by atomic mass is 10.1. The Labute approximate surface area is 102 Å². The maximum Gasteiger partial charge on any atom is 0.231 e. The Balaban J connectivity index is 1.84. The smallest absolute Gasteiger partial charge is 0.231 e. The first-order chi connectivity index (χ1) is 8.83. The van der Waals surface area contributed by atoms with Gasteiger partial charge in [0.15, 0.2) is 11.5 Å². The zero-order valence-electron chi connectivity index (χ0n) is 9.28. The van der Waals surface area contributed by atoms with E-state index in [2.05, 4.69) is 25.1 Å². The highest BCUT2D eigenvalue weighted by Gasteiger charge is 2.16.